The molecule has 0 amide bonds. The van der Waals surface area contributed by atoms with Gasteiger partial charge in [0, 0.05) is 32.0 Å². The number of pyridine rings is 1. The van der Waals surface area contributed by atoms with E-state index in [0.717, 1.165) is 43.3 Å². The van der Waals surface area contributed by atoms with E-state index in [-0.39, 0.29) is 0 Å². The van der Waals surface area contributed by atoms with Crippen molar-refractivity contribution in [1.29, 1.82) is 0 Å². The number of hydrogen-bond acceptors (Lipinski definition) is 4. The van der Waals surface area contributed by atoms with Crippen molar-refractivity contribution in [3.05, 3.63) is 17.8 Å². The molecule has 1 aliphatic rings. The molecule has 88 valence electrons. The second-order valence-corrected chi connectivity index (χ2v) is 4.32. The molecule has 1 fully saturated rings. The van der Waals surface area contributed by atoms with Crippen LogP contribution in [0.4, 0.5) is 11.5 Å². The van der Waals surface area contributed by atoms with Crippen molar-refractivity contribution >= 4 is 11.5 Å². The Balaban J connectivity index is 2.18. The van der Waals surface area contributed by atoms with Crippen molar-refractivity contribution in [3.63, 3.8) is 0 Å². The Kier molecular flexibility index (Phi) is 3.29. The fourth-order valence-corrected chi connectivity index (χ4v) is 2.08. The average molecular weight is 221 g/mol. The Morgan fingerprint density at radius 1 is 1.38 bits per heavy atom. The molecule has 1 saturated heterocycles. The molecule has 0 radical (unpaired) electrons. The monoisotopic (exact) mass is 221 g/mol. The van der Waals surface area contributed by atoms with Gasteiger partial charge in [0.1, 0.15) is 0 Å². The summed E-state index contributed by atoms with van der Waals surface area (Å²) in [6.45, 7) is 3.65. The van der Waals surface area contributed by atoms with Crippen LogP contribution in [0.15, 0.2) is 12.1 Å². The Hall–Kier alpha value is -1.29. The van der Waals surface area contributed by atoms with E-state index < -0.39 is 0 Å². The predicted octanol–water partition coefficient (Wildman–Crippen LogP) is 1.59. The fourth-order valence-electron chi connectivity index (χ4n) is 2.08. The van der Waals surface area contributed by atoms with Gasteiger partial charge in [-0.15, -0.1) is 0 Å². The number of aromatic nitrogens is 1. The summed E-state index contributed by atoms with van der Waals surface area (Å²) in [5.74, 6) is 0.895. The first kappa shape index (κ1) is 11.2. The third kappa shape index (κ3) is 2.27. The summed E-state index contributed by atoms with van der Waals surface area (Å²) in [5.41, 5.74) is 7.71. The summed E-state index contributed by atoms with van der Waals surface area (Å²) in [7, 11) is 2.06. The van der Waals surface area contributed by atoms with Crippen molar-refractivity contribution in [2.45, 2.75) is 25.8 Å². The van der Waals surface area contributed by atoms with Gasteiger partial charge in [0.15, 0.2) is 5.82 Å². The van der Waals surface area contributed by atoms with Gasteiger partial charge in [0.25, 0.3) is 0 Å². The number of nitrogens with two attached hydrogens (primary N) is 1. The molecule has 0 aliphatic carbocycles. The highest BCUT2D eigenvalue weighted by molar-refractivity contribution is 5.63. The zero-order valence-corrected chi connectivity index (χ0v) is 9.94. The maximum Gasteiger partial charge on any atom is 0.152 e. The quantitative estimate of drug-likeness (QED) is 0.824. The highest BCUT2D eigenvalue weighted by Crippen LogP contribution is 2.24. The molecule has 0 aromatic carbocycles. The Morgan fingerprint density at radius 2 is 2.06 bits per heavy atom. The summed E-state index contributed by atoms with van der Waals surface area (Å²) < 4.78 is 5.36. The van der Waals surface area contributed by atoms with Crippen LogP contribution in [-0.4, -0.2) is 31.3 Å². The first-order chi connectivity index (χ1) is 7.68. The van der Waals surface area contributed by atoms with E-state index in [1.54, 1.807) is 0 Å². The smallest absolute Gasteiger partial charge is 0.152 e. The maximum atomic E-state index is 5.96. The van der Waals surface area contributed by atoms with Gasteiger partial charge in [-0.1, -0.05) is 0 Å². The van der Waals surface area contributed by atoms with E-state index in [1.807, 2.05) is 19.1 Å². The fraction of sp³-hybridized carbons (Fsp3) is 0.583. The molecule has 0 atom stereocenters. The zero-order valence-electron chi connectivity index (χ0n) is 9.94. The Labute approximate surface area is 96.4 Å². The minimum Gasteiger partial charge on any atom is -0.396 e. The predicted molar refractivity (Wildman–Crippen MR) is 65.6 cm³/mol. The molecule has 16 heavy (non-hydrogen) atoms. The molecule has 1 aromatic heterocycles. The van der Waals surface area contributed by atoms with Gasteiger partial charge in [0.05, 0.1) is 5.69 Å². The number of rotatable bonds is 2. The summed E-state index contributed by atoms with van der Waals surface area (Å²) >= 11 is 0. The van der Waals surface area contributed by atoms with Crippen LogP contribution in [-0.2, 0) is 4.74 Å². The van der Waals surface area contributed by atoms with Gasteiger partial charge in [-0.25, -0.2) is 4.98 Å². The van der Waals surface area contributed by atoms with Crippen molar-refractivity contribution < 1.29 is 4.74 Å². The lowest BCUT2D eigenvalue weighted by molar-refractivity contribution is 0.0854. The van der Waals surface area contributed by atoms with Crippen LogP contribution in [0.3, 0.4) is 0 Å². The highest BCUT2D eigenvalue weighted by Gasteiger charge is 2.20. The normalized spacial score (nSPS) is 17.4. The average Bonchev–Trinajstić information content (AvgIpc) is 2.32. The first-order valence-corrected chi connectivity index (χ1v) is 5.72. The number of ether oxygens (including phenoxy) is 1. The Bertz CT molecular complexity index is 361. The van der Waals surface area contributed by atoms with Gasteiger partial charge < -0.3 is 15.4 Å². The summed E-state index contributed by atoms with van der Waals surface area (Å²) in [4.78, 5) is 6.69. The highest BCUT2D eigenvalue weighted by atomic mass is 16.5. The van der Waals surface area contributed by atoms with E-state index in [2.05, 4.69) is 16.9 Å². The molecule has 2 heterocycles. The van der Waals surface area contributed by atoms with E-state index >= 15 is 0 Å². The molecule has 2 N–H and O–H groups in total. The maximum absolute atomic E-state index is 5.96. The molecule has 0 saturated carbocycles. The van der Waals surface area contributed by atoms with Crippen LogP contribution >= 0.6 is 0 Å². The minimum atomic E-state index is 0.491. The van der Waals surface area contributed by atoms with Crippen LogP contribution in [0.5, 0.6) is 0 Å². The van der Waals surface area contributed by atoms with E-state index in [9.17, 15) is 0 Å². The van der Waals surface area contributed by atoms with E-state index in [4.69, 9.17) is 10.5 Å². The molecule has 4 nitrogen and oxygen atoms in total. The SMILES string of the molecule is Cc1ccc(N)c(N(C)C2CCOCC2)n1. The number of anilines is 2. The standard InChI is InChI=1S/C12H19N3O/c1-9-3-4-11(13)12(14-9)15(2)10-5-7-16-8-6-10/h3-4,10H,5-8,13H2,1-2H3. The summed E-state index contributed by atoms with van der Waals surface area (Å²) in [6, 6.07) is 4.36. The summed E-state index contributed by atoms with van der Waals surface area (Å²) in [6.07, 6.45) is 2.09. The van der Waals surface area contributed by atoms with Gasteiger partial charge in [-0.05, 0) is 31.9 Å². The van der Waals surface area contributed by atoms with Crippen molar-refractivity contribution in [1.82, 2.24) is 4.98 Å². The van der Waals surface area contributed by atoms with Crippen LogP contribution in [0, 0.1) is 6.92 Å². The van der Waals surface area contributed by atoms with Crippen LogP contribution in [0.1, 0.15) is 18.5 Å². The summed E-state index contributed by atoms with van der Waals surface area (Å²) in [5, 5.41) is 0. The number of nitrogen functional groups attached to an aromatic ring is 1. The number of aryl methyl sites for hydroxylation is 1. The topological polar surface area (TPSA) is 51.4 Å². The number of nitrogens with zero attached hydrogens (tertiary/aromatic N) is 2. The van der Waals surface area contributed by atoms with Crippen LogP contribution < -0.4 is 10.6 Å². The lowest BCUT2D eigenvalue weighted by Crippen LogP contribution is -2.37. The first-order valence-electron chi connectivity index (χ1n) is 5.72. The third-order valence-corrected chi connectivity index (χ3v) is 3.12. The largest absolute Gasteiger partial charge is 0.396 e. The van der Waals surface area contributed by atoms with Gasteiger partial charge >= 0.3 is 0 Å². The lowest BCUT2D eigenvalue weighted by Gasteiger charge is -2.32. The van der Waals surface area contributed by atoms with Crippen LogP contribution in [0.25, 0.3) is 0 Å². The second-order valence-electron chi connectivity index (χ2n) is 4.32. The van der Waals surface area contributed by atoms with Crippen LogP contribution in [0.2, 0.25) is 0 Å². The van der Waals surface area contributed by atoms with Gasteiger partial charge in [0.2, 0.25) is 0 Å². The Morgan fingerprint density at radius 3 is 2.75 bits per heavy atom. The van der Waals surface area contributed by atoms with E-state index in [1.165, 1.54) is 0 Å². The molecular formula is C12H19N3O. The van der Waals surface area contributed by atoms with Crippen molar-refractivity contribution in [2.75, 3.05) is 30.9 Å². The molecule has 2 rings (SSSR count). The third-order valence-electron chi connectivity index (χ3n) is 3.12. The zero-order chi connectivity index (χ0) is 11.5. The van der Waals surface area contributed by atoms with Gasteiger partial charge in [-0.3, -0.25) is 0 Å². The molecule has 1 aromatic rings. The van der Waals surface area contributed by atoms with Gasteiger partial charge in [-0.2, -0.15) is 0 Å². The molecule has 4 heteroatoms. The molecule has 0 bridgehead atoms. The molecule has 0 spiro atoms. The molecule has 0 unspecified atom stereocenters. The number of hydrogen-bond donors (Lipinski definition) is 1. The van der Waals surface area contributed by atoms with Crippen molar-refractivity contribution in [3.8, 4) is 0 Å². The van der Waals surface area contributed by atoms with E-state index in [0.29, 0.717) is 6.04 Å². The second kappa shape index (κ2) is 4.70. The molecular weight excluding hydrogens is 202 g/mol. The molecule has 1 aliphatic heterocycles. The van der Waals surface area contributed by atoms with Crippen molar-refractivity contribution in [2.24, 2.45) is 0 Å². The minimum absolute atomic E-state index is 0.491. The lowest BCUT2D eigenvalue weighted by atomic mass is 10.1.